The van der Waals surface area contributed by atoms with Crippen LogP contribution in [0.5, 0.6) is 17.2 Å². The quantitative estimate of drug-likeness (QED) is 0.759. The first kappa shape index (κ1) is 15.3. The summed E-state index contributed by atoms with van der Waals surface area (Å²) in [6.07, 6.45) is 1.85. The van der Waals surface area contributed by atoms with Crippen LogP contribution in [-0.4, -0.2) is 18.9 Å². The fourth-order valence-electron chi connectivity index (χ4n) is 2.76. The number of benzene rings is 2. The fourth-order valence-corrected chi connectivity index (χ4v) is 2.76. The molecule has 2 heterocycles. The van der Waals surface area contributed by atoms with Crippen molar-refractivity contribution < 1.29 is 14.2 Å². The molecular weight excluding hydrogens is 316 g/mol. The van der Waals surface area contributed by atoms with Crippen molar-refractivity contribution >= 4 is 11.5 Å². The summed E-state index contributed by atoms with van der Waals surface area (Å²) in [4.78, 5) is 4.51. The zero-order valence-corrected chi connectivity index (χ0v) is 14.1. The molecule has 1 aromatic heterocycles. The second-order valence-electron chi connectivity index (χ2n) is 5.81. The molecule has 1 N–H and O–H groups in total. The van der Waals surface area contributed by atoms with Crippen molar-refractivity contribution in [3.63, 3.8) is 0 Å². The maximum Gasteiger partial charge on any atom is 0.231 e. The lowest BCUT2D eigenvalue weighted by Gasteiger charge is -2.11. The van der Waals surface area contributed by atoms with Crippen LogP contribution in [0.2, 0.25) is 0 Å². The molecule has 3 aromatic rings. The number of ether oxygens (including phenoxy) is 3. The number of hydrogen-bond acceptors (Lipinski definition) is 5. The highest BCUT2D eigenvalue weighted by Crippen LogP contribution is 2.36. The van der Waals surface area contributed by atoms with Gasteiger partial charge >= 0.3 is 0 Å². The van der Waals surface area contributed by atoms with E-state index < -0.39 is 0 Å². The van der Waals surface area contributed by atoms with Gasteiger partial charge in [0.05, 0.1) is 7.11 Å². The Morgan fingerprint density at radius 3 is 2.56 bits per heavy atom. The van der Waals surface area contributed by atoms with E-state index in [4.69, 9.17) is 14.2 Å². The number of anilines is 2. The van der Waals surface area contributed by atoms with Crippen LogP contribution >= 0.6 is 0 Å². The molecule has 0 bridgehead atoms. The monoisotopic (exact) mass is 334 g/mol. The van der Waals surface area contributed by atoms with Gasteiger partial charge in [-0.3, -0.25) is 0 Å². The molecule has 4 rings (SSSR count). The first-order chi connectivity index (χ1) is 12.2. The van der Waals surface area contributed by atoms with E-state index in [-0.39, 0.29) is 6.79 Å². The average Bonchev–Trinajstić information content (AvgIpc) is 3.11. The van der Waals surface area contributed by atoms with Crippen molar-refractivity contribution in [1.82, 2.24) is 4.98 Å². The molecule has 0 saturated carbocycles. The molecule has 5 heteroatoms. The molecule has 1 aliphatic rings. The minimum atomic E-state index is 0.279. The van der Waals surface area contributed by atoms with Gasteiger partial charge in [0.25, 0.3) is 0 Å². The topological polar surface area (TPSA) is 52.6 Å². The summed E-state index contributed by atoms with van der Waals surface area (Å²) in [5.74, 6) is 3.19. The molecular formula is C20H18N2O3. The number of fused-ring (bicyclic) bond motifs is 1. The normalized spacial score (nSPS) is 12.1. The van der Waals surface area contributed by atoms with E-state index in [1.807, 2.05) is 61.7 Å². The van der Waals surface area contributed by atoms with Crippen LogP contribution in [0.3, 0.4) is 0 Å². The number of aryl methyl sites for hydroxylation is 1. The number of aromatic nitrogens is 1. The van der Waals surface area contributed by atoms with Crippen LogP contribution in [0.25, 0.3) is 11.1 Å². The van der Waals surface area contributed by atoms with Crippen LogP contribution in [0.4, 0.5) is 11.5 Å². The van der Waals surface area contributed by atoms with E-state index in [0.29, 0.717) is 0 Å². The molecule has 0 atom stereocenters. The summed E-state index contributed by atoms with van der Waals surface area (Å²) in [5.41, 5.74) is 4.17. The first-order valence-electron chi connectivity index (χ1n) is 8.01. The lowest BCUT2D eigenvalue weighted by atomic mass is 10.1. The Hall–Kier alpha value is -3.21. The SMILES string of the molecule is COc1ccc(Nc2ccc(-c3ccc4c(c3)OCO4)cn2)c(C)c1. The van der Waals surface area contributed by atoms with Crippen molar-refractivity contribution in [2.24, 2.45) is 0 Å². The molecule has 0 aliphatic carbocycles. The Bertz CT molecular complexity index is 907. The van der Waals surface area contributed by atoms with Crippen LogP contribution in [0, 0.1) is 6.92 Å². The number of hydrogen-bond donors (Lipinski definition) is 1. The Labute approximate surface area is 146 Å². The Morgan fingerprint density at radius 1 is 0.960 bits per heavy atom. The number of pyridine rings is 1. The third-order valence-corrected chi connectivity index (χ3v) is 4.17. The zero-order chi connectivity index (χ0) is 17.2. The van der Waals surface area contributed by atoms with Crippen LogP contribution in [-0.2, 0) is 0 Å². The van der Waals surface area contributed by atoms with Gasteiger partial charge in [-0.15, -0.1) is 0 Å². The smallest absolute Gasteiger partial charge is 0.231 e. The number of nitrogens with one attached hydrogen (secondary N) is 1. The number of methoxy groups -OCH3 is 1. The molecule has 0 saturated heterocycles. The number of nitrogens with zero attached hydrogens (tertiary/aromatic N) is 1. The zero-order valence-electron chi connectivity index (χ0n) is 14.1. The summed E-state index contributed by atoms with van der Waals surface area (Å²) in [6.45, 7) is 2.31. The minimum absolute atomic E-state index is 0.279. The lowest BCUT2D eigenvalue weighted by Crippen LogP contribution is -1.96. The van der Waals surface area contributed by atoms with Crippen molar-refractivity contribution in [2.75, 3.05) is 19.2 Å². The second kappa shape index (κ2) is 6.36. The highest BCUT2D eigenvalue weighted by atomic mass is 16.7. The van der Waals surface area contributed by atoms with Gasteiger partial charge in [0.15, 0.2) is 11.5 Å². The summed E-state index contributed by atoms with van der Waals surface area (Å²) in [6, 6.07) is 15.8. The fraction of sp³-hybridized carbons (Fsp3) is 0.150. The van der Waals surface area contributed by atoms with Crippen molar-refractivity contribution in [3.05, 3.63) is 60.3 Å². The third kappa shape index (κ3) is 3.08. The summed E-state index contributed by atoms with van der Waals surface area (Å²) >= 11 is 0. The summed E-state index contributed by atoms with van der Waals surface area (Å²) in [5, 5.41) is 3.33. The summed E-state index contributed by atoms with van der Waals surface area (Å²) in [7, 11) is 1.66. The van der Waals surface area contributed by atoms with Crippen LogP contribution < -0.4 is 19.5 Å². The maximum absolute atomic E-state index is 5.43. The van der Waals surface area contributed by atoms with Gasteiger partial charge in [-0.2, -0.15) is 0 Å². The molecule has 1 aliphatic heterocycles. The van der Waals surface area contributed by atoms with Crippen LogP contribution in [0.15, 0.2) is 54.7 Å². The molecule has 2 aromatic carbocycles. The molecule has 0 unspecified atom stereocenters. The Morgan fingerprint density at radius 2 is 1.80 bits per heavy atom. The van der Waals surface area contributed by atoms with E-state index >= 15 is 0 Å². The standard InChI is InChI=1S/C20H18N2O3/c1-13-9-16(23-2)5-6-17(13)22-20-8-4-15(11-21-20)14-3-7-18-19(10-14)25-12-24-18/h3-11H,12H2,1-2H3,(H,21,22). The van der Waals surface area contributed by atoms with Gasteiger partial charge in [-0.25, -0.2) is 4.98 Å². The van der Waals surface area contributed by atoms with E-state index in [2.05, 4.69) is 10.3 Å². The first-order valence-corrected chi connectivity index (χ1v) is 8.01. The van der Waals surface area contributed by atoms with Crippen molar-refractivity contribution in [3.8, 4) is 28.4 Å². The van der Waals surface area contributed by atoms with Gasteiger partial charge in [0, 0.05) is 17.4 Å². The van der Waals surface area contributed by atoms with E-state index in [0.717, 1.165) is 45.4 Å². The summed E-state index contributed by atoms with van der Waals surface area (Å²) < 4.78 is 16.0. The lowest BCUT2D eigenvalue weighted by molar-refractivity contribution is 0.174. The Kier molecular flexibility index (Phi) is 3.90. The van der Waals surface area contributed by atoms with Gasteiger partial charge in [0.2, 0.25) is 6.79 Å². The van der Waals surface area contributed by atoms with Gasteiger partial charge < -0.3 is 19.5 Å². The highest BCUT2D eigenvalue weighted by molar-refractivity contribution is 5.69. The Balaban J connectivity index is 1.54. The highest BCUT2D eigenvalue weighted by Gasteiger charge is 2.14. The molecule has 5 nitrogen and oxygen atoms in total. The second-order valence-corrected chi connectivity index (χ2v) is 5.81. The molecule has 0 radical (unpaired) electrons. The van der Waals surface area contributed by atoms with E-state index in [1.165, 1.54) is 0 Å². The van der Waals surface area contributed by atoms with Gasteiger partial charge in [-0.1, -0.05) is 6.07 Å². The van der Waals surface area contributed by atoms with Gasteiger partial charge in [0.1, 0.15) is 11.6 Å². The predicted octanol–water partition coefficient (Wildman–Crippen LogP) is 4.54. The van der Waals surface area contributed by atoms with Crippen LogP contribution in [0.1, 0.15) is 5.56 Å². The van der Waals surface area contributed by atoms with Crippen molar-refractivity contribution in [2.45, 2.75) is 6.92 Å². The molecule has 25 heavy (non-hydrogen) atoms. The van der Waals surface area contributed by atoms with Gasteiger partial charge in [-0.05, 0) is 60.5 Å². The maximum atomic E-state index is 5.43. The average molecular weight is 334 g/mol. The van der Waals surface area contributed by atoms with Crippen molar-refractivity contribution in [1.29, 1.82) is 0 Å². The predicted molar refractivity (Wildman–Crippen MR) is 96.8 cm³/mol. The molecule has 126 valence electrons. The largest absolute Gasteiger partial charge is 0.497 e. The molecule has 0 fully saturated rings. The van der Waals surface area contributed by atoms with E-state index in [1.54, 1.807) is 7.11 Å². The third-order valence-electron chi connectivity index (χ3n) is 4.17. The minimum Gasteiger partial charge on any atom is -0.497 e. The number of rotatable bonds is 4. The molecule has 0 amide bonds. The molecule has 0 spiro atoms. The van der Waals surface area contributed by atoms with E-state index in [9.17, 15) is 0 Å².